The lowest BCUT2D eigenvalue weighted by molar-refractivity contribution is 0.197. The molecule has 1 aromatic carbocycles. The van der Waals surface area contributed by atoms with Crippen LogP contribution >= 0.6 is 0 Å². The van der Waals surface area contributed by atoms with Gasteiger partial charge in [-0.15, -0.1) is 0 Å². The third-order valence-corrected chi connectivity index (χ3v) is 5.83. The van der Waals surface area contributed by atoms with E-state index in [9.17, 15) is 0 Å². The molecule has 0 radical (unpaired) electrons. The zero-order valence-corrected chi connectivity index (χ0v) is 15.8. The van der Waals surface area contributed by atoms with Crippen LogP contribution in [0, 0.1) is 5.92 Å². The SMILES string of the molecule is COc1cccc(-c2ccc3nc([C@H]4CCCN(CC5CC5)C4)nn3c2)c1. The Morgan fingerprint density at radius 2 is 2.04 bits per heavy atom. The maximum absolute atomic E-state index is 5.35. The Morgan fingerprint density at radius 1 is 1.11 bits per heavy atom. The van der Waals surface area contributed by atoms with Crippen LogP contribution in [0.3, 0.4) is 0 Å². The van der Waals surface area contributed by atoms with E-state index >= 15 is 0 Å². The lowest BCUT2D eigenvalue weighted by Gasteiger charge is -2.31. The average Bonchev–Trinajstić information content (AvgIpc) is 3.42. The molecule has 2 aliphatic rings. The highest BCUT2D eigenvalue weighted by atomic mass is 16.5. The van der Waals surface area contributed by atoms with Gasteiger partial charge in [0.25, 0.3) is 0 Å². The van der Waals surface area contributed by atoms with Crippen LogP contribution in [0.25, 0.3) is 16.8 Å². The fraction of sp³-hybridized carbons (Fsp3) is 0.455. The van der Waals surface area contributed by atoms with Crippen LogP contribution in [0.15, 0.2) is 42.6 Å². The summed E-state index contributed by atoms with van der Waals surface area (Å²) in [6.45, 7) is 3.61. The van der Waals surface area contributed by atoms with E-state index in [1.165, 1.54) is 38.8 Å². The fourth-order valence-corrected chi connectivity index (χ4v) is 4.14. The monoisotopic (exact) mass is 362 g/mol. The van der Waals surface area contributed by atoms with E-state index in [1.54, 1.807) is 7.11 Å². The van der Waals surface area contributed by atoms with Gasteiger partial charge in [0.05, 0.1) is 7.11 Å². The molecule has 0 N–H and O–H groups in total. The maximum Gasteiger partial charge on any atom is 0.156 e. The molecule has 1 aliphatic carbocycles. The summed E-state index contributed by atoms with van der Waals surface area (Å²) in [5.41, 5.74) is 3.18. The molecule has 1 atom stereocenters. The molecule has 1 saturated carbocycles. The van der Waals surface area contributed by atoms with E-state index in [2.05, 4.69) is 35.4 Å². The molecule has 3 heterocycles. The summed E-state index contributed by atoms with van der Waals surface area (Å²) in [5.74, 6) is 3.27. The molecule has 2 fully saturated rings. The minimum absolute atomic E-state index is 0.456. The molecule has 0 amide bonds. The highest BCUT2D eigenvalue weighted by Gasteiger charge is 2.29. The first-order chi connectivity index (χ1) is 13.3. The molecule has 5 heteroatoms. The second kappa shape index (κ2) is 6.97. The Balaban J connectivity index is 1.40. The van der Waals surface area contributed by atoms with Gasteiger partial charge in [0, 0.05) is 30.8 Å². The predicted octanol–water partition coefficient (Wildman–Crippen LogP) is 3.99. The summed E-state index contributed by atoms with van der Waals surface area (Å²) in [6.07, 6.45) is 7.36. The van der Waals surface area contributed by atoms with E-state index in [4.69, 9.17) is 14.8 Å². The first kappa shape index (κ1) is 16.8. The summed E-state index contributed by atoms with van der Waals surface area (Å²) >= 11 is 0. The number of nitrogens with zero attached hydrogens (tertiary/aromatic N) is 4. The van der Waals surface area contributed by atoms with E-state index in [0.717, 1.165) is 40.8 Å². The van der Waals surface area contributed by atoms with Crippen molar-refractivity contribution in [3.8, 4) is 16.9 Å². The van der Waals surface area contributed by atoms with E-state index in [-0.39, 0.29) is 0 Å². The molecule has 5 nitrogen and oxygen atoms in total. The second-order valence-electron chi connectivity index (χ2n) is 7.96. The number of hydrogen-bond donors (Lipinski definition) is 0. The van der Waals surface area contributed by atoms with E-state index in [1.807, 2.05) is 16.6 Å². The lowest BCUT2D eigenvalue weighted by Crippen LogP contribution is -2.36. The third kappa shape index (κ3) is 3.56. The van der Waals surface area contributed by atoms with Crippen molar-refractivity contribution >= 4 is 5.65 Å². The molecular formula is C22H26N4O. The summed E-state index contributed by atoms with van der Waals surface area (Å²) in [5, 5.41) is 4.84. The molecule has 140 valence electrons. The molecule has 3 aromatic rings. The Kier molecular flexibility index (Phi) is 4.32. The number of likely N-dealkylation sites (tertiary alicyclic amines) is 1. The number of fused-ring (bicyclic) bond motifs is 1. The van der Waals surface area contributed by atoms with Gasteiger partial charge in [-0.3, -0.25) is 0 Å². The normalized spacial score (nSPS) is 20.9. The minimum Gasteiger partial charge on any atom is -0.497 e. The predicted molar refractivity (Wildman–Crippen MR) is 106 cm³/mol. The third-order valence-electron chi connectivity index (χ3n) is 5.83. The molecule has 2 aromatic heterocycles. The van der Waals surface area contributed by atoms with Gasteiger partial charge in [0.1, 0.15) is 5.75 Å². The molecule has 0 spiro atoms. The number of rotatable bonds is 5. The van der Waals surface area contributed by atoms with Crippen LogP contribution in [0.2, 0.25) is 0 Å². The Bertz CT molecular complexity index is 946. The lowest BCUT2D eigenvalue weighted by atomic mass is 9.97. The van der Waals surface area contributed by atoms with E-state index < -0.39 is 0 Å². The largest absolute Gasteiger partial charge is 0.497 e. The highest BCUT2D eigenvalue weighted by Crippen LogP contribution is 2.33. The number of hydrogen-bond acceptors (Lipinski definition) is 4. The highest BCUT2D eigenvalue weighted by molar-refractivity contribution is 5.65. The molecule has 1 aliphatic heterocycles. The molecule has 5 rings (SSSR count). The topological polar surface area (TPSA) is 42.7 Å². The Morgan fingerprint density at radius 3 is 2.89 bits per heavy atom. The van der Waals surface area contributed by atoms with Crippen molar-refractivity contribution in [1.82, 2.24) is 19.5 Å². The van der Waals surface area contributed by atoms with Gasteiger partial charge in [0.15, 0.2) is 11.5 Å². The smallest absolute Gasteiger partial charge is 0.156 e. The maximum atomic E-state index is 5.35. The van der Waals surface area contributed by atoms with Crippen LogP contribution in [0.1, 0.15) is 37.4 Å². The van der Waals surface area contributed by atoms with Crippen molar-refractivity contribution in [2.75, 3.05) is 26.7 Å². The van der Waals surface area contributed by atoms with Crippen LogP contribution in [-0.2, 0) is 0 Å². The number of ether oxygens (including phenoxy) is 1. The van der Waals surface area contributed by atoms with Crippen LogP contribution in [0.5, 0.6) is 5.75 Å². The average molecular weight is 362 g/mol. The quantitative estimate of drug-likeness (QED) is 0.688. The zero-order chi connectivity index (χ0) is 18.2. The Labute approximate surface area is 160 Å². The number of pyridine rings is 1. The summed E-state index contributed by atoms with van der Waals surface area (Å²) in [4.78, 5) is 7.46. The van der Waals surface area contributed by atoms with Gasteiger partial charge in [-0.1, -0.05) is 12.1 Å². The first-order valence-electron chi connectivity index (χ1n) is 10.0. The fourth-order valence-electron chi connectivity index (χ4n) is 4.14. The second-order valence-corrected chi connectivity index (χ2v) is 7.96. The molecule has 1 saturated heterocycles. The van der Waals surface area contributed by atoms with Gasteiger partial charge in [-0.25, -0.2) is 9.50 Å². The first-order valence-corrected chi connectivity index (χ1v) is 10.0. The van der Waals surface area contributed by atoms with E-state index in [0.29, 0.717) is 5.92 Å². The summed E-state index contributed by atoms with van der Waals surface area (Å²) in [6, 6.07) is 12.3. The molecule has 0 bridgehead atoms. The van der Waals surface area contributed by atoms with Gasteiger partial charge in [-0.05, 0) is 68.0 Å². The minimum atomic E-state index is 0.456. The van der Waals surface area contributed by atoms with Gasteiger partial charge < -0.3 is 9.64 Å². The number of piperidine rings is 1. The van der Waals surface area contributed by atoms with Crippen molar-refractivity contribution < 1.29 is 4.74 Å². The molecular weight excluding hydrogens is 336 g/mol. The van der Waals surface area contributed by atoms with Gasteiger partial charge in [-0.2, -0.15) is 5.10 Å². The van der Waals surface area contributed by atoms with Crippen molar-refractivity contribution in [2.24, 2.45) is 5.92 Å². The van der Waals surface area contributed by atoms with Crippen LogP contribution in [-0.4, -0.2) is 46.2 Å². The van der Waals surface area contributed by atoms with Gasteiger partial charge in [0.2, 0.25) is 0 Å². The van der Waals surface area contributed by atoms with Gasteiger partial charge >= 0.3 is 0 Å². The molecule has 0 unspecified atom stereocenters. The number of benzene rings is 1. The zero-order valence-electron chi connectivity index (χ0n) is 15.8. The van der Waals surface area contributed by atoms with Crippen molar-refractivity contribution in [2.45, 2.75) is 31.6 Å². The Hall–Kier alpha value is -2.40. The number of aromatic nitrogens is 3. The van der Waals surface area contributed by atoms with Crippen molar-refractivity contribution in [1.29, 1.82) is 0 Å². The number of methoxy groups -OCH3 is 1. The van der Waals surface area contributed by atoms with Crippen molar-refractivity contribution in [3.05, 3.63) is 48.4 Å². The standard InChI is InChI=1S/C22H26N4O/c1-27-20-6-2-4-17(12-20)18-9-10-21-23-22(24-26(21)15-18)19-5-3-11-25(14-19)13-16-7-8-16/h2,4,6,9-10,12,15-16,19H,3,5,7-8,11,13-14H2,1H3/t19-/m0/s1. The summed E-state index contributed by atoms with van der Waals surface area (Å²) < 4.78 is 7.28. The summed E-state index contributed by atoms with van der Waals surface area (Å²) in [7, 11) is 1.70. The van der Waals surface area contributed by atoms with Crippen LogP contribution in [0.4, 0.5) is 0 Å². The van der Waals surface area contributed by atoms with Crippen molar-refractivity contribution in [3.63, 3.8) is 0 Å². The van der Waals surface area contributed by atoms with Crippen LogP contribution < -0.4 is 4.74 Å². The molecule has 27 heavy (non-hydrogen) atoms.